The van der Waals surface area contributed by atoms with Crippen molar-refractivity contribution >= 4 is 19.8 Å². The molecule has 0 aromatic heterocycles. The number of ether oxygens (including phenoxy) is 2. The van der Waals surface area contributed by atoms with E-state index >= 15 is 0 Å². The van der Waals surface area contributed by atoms with Crippen molar-refractivity contribution in [2.75, 3.05) is 47.5 Å². The molecule has 0 aliphatic rings. The number of likely N-dealkylation sites (N-methyl/N-ethyl adjacent to an activating group) is 1. The highest BCUT2D eigenvalue weighted by atomic mass is 31.2. The van der Waals surface area contributed by atoms with Crippen LogP contribution in [0.5, 0.6) is 0 Å². The third kappa shape index (κ3) is 58.6. The summed E-state index contributed by atoms with van der Waals surface area (Å²) in [6.07, 6.45) is 71.2. The fourth-order valence-electron chi connectivity index (χ4n) is 8.33. The van der Waals surface area contributed by atoms with E-state index in [0.29, 0.717) is 17.4 Å². The smallest absolute Gasteiger partial charge is 0.462 e. The Balaban J connectivity index is 4.06. The van der Waals surface area contributed by atoms with Crippen molar-refractivity contribution in [2.24, 2.45) is 0 Å². The average molecular weight is 1050 g/mol. The fourth-order valence-corrected chi connectivity index (χ4v) is 9.07. The van der Waals surface area contributed by atoms with Crippen LogP contribution >= 0.6 is 7.82 Å². The lowest BCUT2D eigenvalue weighted by molar-refractivity contribution is -0.870. The van der Waals surface area contributed by atoms with Crippen molar-refractivity contribution in [2.45, 2.75) is 270 Å². The Morgan fingerprint density at radius 3 is 1.18 bits per heavy atom. The van der Waals surface area contributed by atoms with Crippen LogP contribution in [0.1, 0.15) is 264 Å². The zero-order valence-corrected chi connectivity index (χ0v) is 49.0. The summed E-state index contributed by atoms with van der Waals surface area (Å²) in [7, 11) is 1.48. The average Bonchev–Trinajstić information content (AvgIpc) is 3.35. The van der Waals surface area contributed by atoms with Crippen LogP contribution in [0, 0.1) is 0 Å². The minimum atomic E-state index is -4.39. The lowest BCUT2D eigenvalue weighted by Crippen LogP contribution is -2.37. The number of phosphoric ester groups is 1. The predicted octanol–water partition coefficient (Wildman–Crippen LogP) is 18.9. The second-order valence-electron chi connectivity index (χ2n) is 21.4. The van der Waals surface area contributed by atoms with Gasteiger partial charge in [0.05, 0.1) is 27.7 Å². The summed E-state index contributed by atoms with van der Waals surface area (Å²) in [4.78, 5) is 35.7. The van der Waals surface area contributed by atoms with Gasteiger partial charge in [0.2, 0.25) is 0 Å². The molecule has 0 saturated carbocycles. The van der Waals surface area contributed by atoms with Crippen molar-refractivity contribution in [3.8, 4) is 0 Å². The Kier molecular flexibility index (Phi) is 52.4. The van der Waals surface area contributed by atoms with Gasteiger partial charge in [0.15, 0.2) is 6.10 Å². The van der Waals surface area contributed by atoms with Gasteiger partial charge >= 0.3 is 19.8 Å². The highest BCUT2D eigenvalue weighted by Crippen LogP contribution is 2.43. The second-order valence-corrected chi connectivity index (χ2v) is 22.8. The topological polar surface area (TPSA) is 108 Å². The summed E-state index contributed by atoms with van der Waals surface area (Å²) in [5.41, 5.74) is 0. The van der Waals surface area contributed by atoms with Gasteiger partial charge in [-0.1, -0.05) is 241 Å². The van der Waals surface area contributed by atoms with E-state index in [1.807, 2.05) is 21.1 Å². The van der Waals surface area contributed by atoms with E-state index in [0.717, 1.165) is 83.5 Å². The maximum absolute atomic E-state index is 12.8. The fraction of sp³-hybridized carbons (Fsp3) is 0.778. The minimum Gasteiger partial charge on any atom is -0.462 e. The van der Waals surface area contributed by atoms with Gasteiger partial charge in [-0.3, -0.25) is 18.6 Å². The molecule has 10 heteroatoms. The van der Waals surface area contributed by atoms with Crippen molar-refractivity contribution in [3.05, 3.63) is 72.9 Å². The van der Waals surface area contributed by atoms with Crippen molar-refractivity contribution in [3.63, 3.8) is 0 Å². The zero-order valence-electron chi connectivity index (χ0n) is 48.1. The molecule has 0 bridgehead atoms. The molecule has 0 spiro atoms. The van der Waals surface area contributed by atoms with Gasteiger partial charge in [-0.05, 0) is 83.5 Å². The monoisotopic (exact) mass is 1040 g/mol. The van der Waals surface area contributed by atoms with Gasteiger partial charge in [0, 0.05) is 12.8 Å². The van der Waals surface area contributed by atoms with E-state index in [1.54, 1.807) is 0 Å². The third-order valence-corrected chi connectivity index (χ3v) is 14.0. The first kappa shape index (κ1) is 70.5. The number of carbonyl (C=O) groups is 2. The van der Waals surface area contributed by atoms with E-state index in [9.17, 15) is 19.0 Å². The van der Waals surface area contributed by atoms with Crippen LogP contribution in [0.15, 0.2) is 72.9 Å². The number of esters is 2. The highest BCUT2D eigenvalue weighted by Gasteiger charge is 2.27. The number of rotatable bonds is 55. The number of hydrogen-bond acceptors (Lipinski definition) is 7. The highest BCUT2D eigenvalue weighted by molar-refractivity contribution is 7.47. The summed E-state index contributed by atoms with van der Waals surface area (Å²) < 4.78 is 34.6. The number of hydrogen-bond donors (Lipinski definition) is 1. The third-order valence-electron chi connectivity index (χ3n) is 13.0. The summed E-state index contributed by atoms with van der Waals surface area (Å²) in [6.45, 7) is 4.33. The number of allylic oxidation sites excluding steroid dienone is 12. The van der Waals surface area contributed by atoms with Crippen molar-refractivity contribution in [1.29, 1.82) is 0 Å². The minimum absolute atomic E-state index is 0.0298. The number of nitrogens with zero attached hydrogens (tertiary/aromatic N) is 1. The van der Waals surface area contributed by atoms with Crippen molar-refractivity contribution in [1.82, 2.24) is 0 Å². The molecule has 1 N–H and O–H groups in total. The first-order valence-electron chi connectivity index (χ1n) is 30.2. The largest absolute Gasteiger partial charge is 0.472 e. The maximum Gasteiger partial charge on any atom is 0.472 e. The summed E-state index contributed by atoms with van der Waals surface area (Å²) >= 11 is 0. The summed E-state index contributed by atoms with van der Waals surface area (Å²) in [5, 5.41) is 0. The van der Waals surface area contributed by atoms with Crippen LogP contribution in [0.2, 0.25) is 0 Å². The first-order valence-corrected chi connectivity index (χ1v) is 31.7. The summed E-state index contributed by atoms with van der Waals surface area (Å²) in [6, 6.07) is 0. The lowest BCUT2D eigenvalue weighted by atomic mass is 10.0. The molecular weight excluding hydrogens is 930 g/mol. The second kappa shape index (κ2) is 54.2. The molecule has 73 heavy (non-hydrogen) atoms. The molecule has 0 radical (unpaired) electrons. The SMILES string of the molecule is CC/C=C\C/C=C\C/C=C\C/C=C\C/C=C\CCCCCCCCCCCCCCCCCCCC(=O)OC(COC(=O)CCCCCCC/C=C\CCCCCCCCC)COP(=O)(O)OCC[N+](C)(C)C. The van der Waals surface area contributed by atoms with Gasteiger partial charge in [-0.2, -0.15) is 0 Å². The molecule has 0 aliphatic carbocycles. The Labute approximate surface area is 450 Å². The Bertz CT molecular complexity index is 1460. The van der Waals surface area contributed by atoms with E-state index in [-0.39, 0.29) is 32.0 Å². The predicted molar refractivity (Wildman–Crippen MR) is 312 cm³/mol. The van der Waals surface area contributed by atoms with Crippen LogP contribution in [0.4, 0.5) is 0 Å². The van der Waals surface area contributed by atoms with Crippen LogP contribution in [-0.2, 0) is 32.7 Å². The van der Waals surface area contributed by atoms with Gasteiger partial charge in [0.25, 0.3) is 0 Å². The molecule has 2 unspecified atom stereocenters. The van der Waals surface area contributed by atoms with E-state index in [2.05, 4.69) is 86.8 Å². The van der Waals surface area contributed by atoms with Crippen LogP contribution in [0.25, 0.3) is 0 Å². The molecule has 0 fully saturated rings. The van der Waals surface area contributed by atoms with Crippen LogP contribution < -0.4 is 0 Å². The standard InChI is InChI=1S/C63H114NO8P/c1-6-8-10-12-14-16-18-20-22-24-25-26-27-28-29-30-31-32-33-34-35-36-37-38-39-40-42-44-46-48-50-52-54-56-63(66)72-61(60-71-73(67,68)70-58-57-64(3,4)5)59-69-62(65)55-53-51-49-47-45-43-41-23-21-19-17-15-13-11-9-7-2/h8,10,14,16,20,22-23,25-26,28-29,41,61H,6-7,9,11-13,15,17-19,21,24,27,30-40,42-60H2,1-5H3/p+1/b10-8-,16-14-,22-20-,26-25-,29-28-,41-23-. The molecular formula is C63H115NO8P+. The van der Waals surface area contributed by atoms with E-state index < -0.39 is 26.5 Å². The molecule has 0 rings (SSSR count). The number of phosphoric acid groups is 1. The van der Waals surface area contributed by atoms with Crippen LogP contribution in [0.3, 0.4) is 0 Å². The summed E-state index contributed by atoms with van der Waals surface area (Å²) in [5.74, 6) is -0.800. The number of quaternary nitrogens is 1. The molecule has 0 heterocycles. The van der Waals surface area contributed by atoms with Gasteiger partial charge in [0.1, 0.15) is 19.8 Å². The quantitative estimate of drug-likeness (QED) is 0.0211. The molecule has 0 saturated heterocycles. The van der Waals surface area contributed by atoms with E-state index in [1.165, 1.54) is 148 Å². The Hall–Kier alpha value is -2.55. The molecule has 0 amide bonds. The Morgan fingerprint density at radius 2 is 0.781 bits per heavy atom. The lowest BCUT2D eigenvalue weighted by Gasteiger charge is -2.24. The number of unbranched alkanes of at least 4 members (excludes halogenated alkanes) is 29. The van der Waals surface area contributed by atoms with E-state index in [4.69, 9.17) is 18.5 Å². The molecule has 2 atom stereocenters. The first-order chi connectivity index (χ1) is 35.5. The maximum atomic E-state index is 12.8. The van der Waals surface area contributed by atoms with Gasteiger partial charge in [-0.25, -0.2) is 4.57 Å². The molecule has 0 aliphatic heterocycles. The molecule has 0 aromatic rings. The van der Waals surface area contributed by atoms with Crippen LogP contribution in [-0.4, -0.2) is 74.9 Å². The molecule has 424 valence electrons. The Morgan fingerprint density at radius 1 is 0.438 bits per heavy atom. The van der Waals surface area contributed by atoms with Gasteiger partial charge < -0.3 is 18.9 Å². The molecule has 0 aromatic carbocycles. The molecule has 9 nitrogen and oxygen atoms in total. The normalized spacial score (nSPS) is 13.8. The number of carbonyl (C=O) groups excluding carboxylic acids is 2. The van der Waals surface area contributed by atoms with Crippen molar-refractivity contribution < 1.29 is 42.1 Å². The zero-order chi connectivity index (χ0) is 53.5. The van der Waals surface area contributed by atoms with Gasteiger partial charge in [-0.15, -0.1) is 0 Å².